The average Bonchev–Trinajstić information content (AvgIpc) is 3.83. The first kappa shape index (κ1) is 25.5. The number of amides is 1. The molecule has 1 aliphatic heterocycles. The van der Waals surface area contributed by atoms with Gasteiger partial charge in [0.1, 0.15) is 17.7 Å². The third-order valence-corrected chi connectivity index (χ3v) is 7.56. The van der Waals surface area contributed by atoms with Gasteiger partial charge in [-0.25, -0.2) is 14.5 Å². The summed E-state index contributed by atoms with van der Waals surface area (Å²) in [6.07, 6.45) is 4.34. The van der Waals surface area contributed by atoms with Gasteiger partial charge in [0.25, 0.3) is 11.5 Å². The largest absolute Gasteiger partial charge is 0.385 e. The van der Waals surface area contributed by atoms with Crippen LogP contribution < -0.4 is 15.8 Å². The van der Waals surface area contributed by atoms with Gasteiger partial charge in [-0.1, -0.05) is 6.07 Å². The van der Waals surface area contributed by atoms with Crippen molar-refractivity contribution in [2.75, 3.05) is 42.9 Å². The minimum atomic E-state index is -0.573. The lowest BCUT2D eigenvalue weighted by atomic mass is 10.0. The van der Waals surface area contributed by atoms with E-state index in [4.69, 9.17) is 5.26 Å². The fraction of sp³-hybridized carbons (Fsp3) is 0.300. The fourth-order valence-corrected chi connectivity index (χ4v) is 5.04. The van der Waals surface area contributed by atoms with Gasteiger partial charge in [-0.2, -0.15) is 10.4 Å². The van der Waals surface area contributed by atoms with E-state index in [1.54, 1.807) is 35.2 Å². The van der Waals surface area contributed by atoms with E-state index in [1.807, 2.05) is 17.0 Å². The Labute approximate surface area is 230 Å². The molecule has 0 radical (unpaired) electrons. The molecule has 2 fully saturated rings. The van der Waals surface area contributed by atoms with Gasteiger partial charge in [-0.05, 0) is 66.8 Å². The van der Waals surface area contributed by atoms with Gasteiger partial charge in [0.15, 0.2) is 0 Å². The van der Waals surface area contributed by atoms with Gasteiger partial charge in [0.05, 0.1) is 22.2 Å². The highest BCUT2D eigenvalue weighted by molar-refractivity contribution is 5.95. The van der Waals surface area contributed by atoms with Crippen molar-refractivity contribution in [2.24, 2.45) is 5.92 Å². The first-order valence-corrected chi connectivity index (χ1v) is 13.4. The van der Waals surface area contributed by atoms with E-state index in [0.717, 1.165) is 29.0 Å². The second-order valence-electron chi connectivity index (χ2n) is 10.4. The number of nitrogens with one attached hydrogen (secondary N) is 2. The standard InChI is InChI=1S/C30H28FN7O2/c31-26-7-3-20(14-27-24-15-22(33-17-19-1-2-19)5-6-23(24)29(39)36-35-27)13-25(26)30(40)38-11-9-37(10-12-38)28-8-4-21(16-32)18-34-28/h3-8,13,15,18-19,33H,1-2,9-12,14,17H2,(H,36,39). The summed E-state index contributed by atoms with van der Waals surface area (Å²) in [5.41, 5.74) is 2.54. The molecule has 0 spiro atoms. The number of piperazine rings is 1. The number of hydrogen-bond donors (Lipinski definition) is 2. The Bertz CT molecular complexity index is 1670. The number of hydrogen-bond acceptors (Lipinski definition) is 7. The number of carbonyl (C=O) groups is 1. The molecule has 2 aliphatic rings. The van der Waals surface area contributed by atoms with Crippen molar-refractivity contribution in [2.45, 2.75) is 19.3 Å². The highest BCUT2D eigenvalue weighted by Gasteiger charge is 2.25. The summed E-state index contributed by atoms with van der Waals surface area (Å²) >= 11 is 0. The highest BCUT2D eigenvalue weighted by Crippen LogP contribution is 2.29. The Hall–Kier alpha value is -4.78. The predicted molar refractivity (Wildman–Crippen MR) is 150 cm³/mol. The maximum Gasteiger partial charge on any atom is 0.272 e. The quantitative estimate of drug-likeness (QED) is 0.369. The minimum absolute atomic E-state index is 0.0166. The number of nitriles is 1. The Morgan fingerprint density at radius 1 is 1.07 bits per heavy atom. The number of carbonyl (C=O) groups excluding carboxylic acids is 1. The SMILES string of the molecule is N#Cc1ccc(N2CCN(C(=O)c3cc(Cc4n[nH]c(=O)c5ccc(NCC6CC6)cc45)ccc3F)CC2)nc1. The van der Waals surface area contributed by atoms with Crippen LogP contribution in [0.1, 0.15) is 40.0 Å². The zero-order valence-corrected chi connectivity index (χ0v) is 21.9. The van der Waals surface area contributed by atoms with Gasteiger partial charge in [-0.15, -0.1) is 0 Å². The van der Waals surface area contributed by atoms with Crippen LogP contribution in [0.3, 0.4) is 0 Å². The normalized spacial score (nSPS) is 15.2. The topological polar surface area (TPSA) is 118 Å². The lowest BCUT2D eigenvalue weighted by molar-refractivity contribution is 0.0741. The molecule has 1 saturated carbocycles. The zero-order valence-electron chi connectivity index (χ0n) is 21.9. The summed E-state index contributed by atoms with van der Waals surface area (Å²) in [6, 6.07) is 15.7. The maximum absolute atomic E-state index is 14.9. The van der Waals surface area contributed by atoms with E-state index >= 15 is 0 Å². The summed E-state index contributed by atoms with van der Waals surface area (Å²) in [7, 11) is 0. The summed E-state index contributed by atoms with van der Waals surface area (Å²) in [6.45, 7) is 2.85. The first-order chi connectivity index (χ1) is 19.5. The van der Waals surface area contributed by atoms with E-state index < -0.39 is 5.82 Å². The molecule has 0 unspecified atom stereocenters. The highest BCUT2D eigenvalue weighted by atomic mass is 19.1. The van der Waals surface area contributed by atoms with Gasteiger partial charge < -0.3 is 15.1 Å². The predicted octanol–water partition coefficient (Wildman–Crippen LogP) is 3.70. The van der Waals surface area contributed by atoms with Crippen LogP contribution in [0.2, 0.25) is 0 Å². The number of aromatic nitrogens is 3. The smallest absolute Gasteiger partial charge is 0.272 e. The molecule has 9 nitrogen and oxygen atoms in total. The van der Waals surface area contributed by atoms with E-state index in [-0.39, 0.29) is 17.0 Å². The van der Waals surface area contributed by atoms with Crippen LogP contribution in [-0.2, 0) is 6.42 Å². The molecule has 0 atom stereocenters. The molecule has 4 aromatic rings. The molecule has 10 heteroatoms. The second-order valence-corrected chi connectivity index (χ2v) is 10.4. The second kappa shape index (κ2) is 10.8. The van der Waals surface area contributed by atoms with E-state index in [9.17, 15) is 14.0 Å². The van der Waals surface area contributed by atoms with Crippen molar-refractivity contribution in [3.63, 3.8) is 0 Å². The van der Waals surface area contributed by atoms with Crippen LogP contribution in [0.5, 0.6) is 0 Å². The van der Waals surface area contributed by atoms with Gasteiger partial charge in [0.2, 0.25) is 0 Å². The molecule has 2 aromatic carbocycles. The van der Waals surface area contributed by atoms with Crippen molar-refractivity contribution < 1.29 is 9.18 Å². The van der Waals surface area contributed by atoms with Crippen LogP contribution in [0.15, 0.2) is 59.5 Å². The molecule has 1 amide bonds. The van der Waals surface area contributed by atoms with E-state index in [1.165, 1.54) is 25.1 Å². The molecule has 0 bridgehead atoms. The molecular formula is C30H28FN7O2. The number of benzene rings is 2. The van der Waals surface area contributed by atoms with Crippen molar-refractivity contribution in [3.05, 3.63) is 93.3 Å². The van der Waals surface area contributed by atoms with Crippen molar-refractivity contribution in [1.82, 2.24) is 20.1 Å². The molecule has 2 N–H and O–H groups in total. The average molecular weight is 538 g/mol. The van der Waals surface area contributed by atoms with Crippen LogP contribution >= 0.6 is 0 Å². The Morgan fingerprint density at radius 3 is 2.62 bits per heavy atom. The van der Waals surface area contributed by atoms with Gasteiger partial charge in [0, 0.05) is 56.4 Å². The van der Waals surface area contributed by atoms with Crippen molar-refractivity contribution in [3.8, 4) is 6.07 Å². The van der Waals surface area contributed by atoms with Crippen LogP contribution in [0.25, 0.3) is 10.8 Å². The molecule has 3 heterocycles. The number of aromatic amines is 1. The van der Waals surface area contributed by atoms with E-state index in [0.29, 0.717) is 55.2 Å². The minimum Gasteiger partial charge on any atom is -0.385 e. The number of anilines is 2. The van der Waals surface area contributed by atoms with Gasteiger partial charge >= 0.3 is 0 Å². The number of pyridine rings is 1. The molecular weight excluding hydrogens is 509 g/mol. The first-order valence-electron chi connectivity index (χ1n) is 13.4. The van der Waals surface area contributed by atoms with Crippen molar-refractivity contribution >= 4 is 28.2 Å². The number of halogens is 1. The van der Waals surface area contributed by atoms with Crippen LogP contribution in [0.4, 0.5) is 15.9 Å². The van der Waals surface area contributed by atoms with E-state index in [2.05, 4.69) is 26.6 Å². The van der Waals surface area contributed by atoms with Gasteiger partial charge in [-0.3, -0.25) is 9.59 Å². The summed E-state index contributed by atoms with van der Waals surface area (Å²) in [5.74, 6) is 0.512. The maximum atomic E-state index is 14.9. The zero-order chi connectivity index (χ0) is 27.6. The number of fused-ring (bicyclic) bond motifs is 1. The van der Waals surface area contributed by atoms with Crippen molar-refractivity contribution in [1.29, 1.82) is 5.26 Å². The number of rotatable bonds is 7. The van der Waals surface area contributed by atoms with Crippen LogP contribution in [-0.4, -0.2) is 58.7 Å². The molecule has 1 saturated heterocycles. The Morgan fingerprint density at radius 2 is 1.90 bits per heavy atom. The molecule has 2 aromatic heterocycles. The fourth-order valence-electron chi connectivity index (χ4n) is 5.04. The lowest BCUT2D eigenvalue weighted by Crippen LogP contribution is -2.49. The Kier molecular flexibility index (Phi) is 6.86. The lowest BCUT2D eigenvalue weighted by Gasteiger charge is -2.35. The molecule has 40 heavy (non-hydrogen) atoms. The Balaban J connectivity index is 1.18. The summed E-state index contributed by atoms with van der Waals surface area (Å²) < 4.78 is 14.9. The molecule has 202 valence electrons. The third kappa shape index (κ3) is 5.36. The number of H-pyrrole nitrogens is 1. The monoisotopic (exact) mass is 537 g/mol. The third-order valence-electron chi connectivity index (χ3n) is 7.56. The number of nitrogens with zero attached hydrogens (tertiary/aromatic N) is 5. The molecule has 1 aliphatic carbocycles. The summed E-state index contributed by atoms with van der Waals surface area (Å²) in [5, 5.41) is 20.5. The van der Waals surface area contributed by atoms with Crippen LogP contribution in [0, 0.1) is 23.1 Å². The molecule has 6 rings (SSSR count). The summed E-state index contributed by atoms with van der Waals surface area (Å²) in [4.78, 5) is 33.8.